The zero-order valence-electron chi connectivity index (χ0n) is 46.5. The molecule has 424 valence electrons. The Labute approximate surface area is 453 Å². The summed E-state index contributed by atoms with van der Waals surface area (Å²) in [5, 5.41) is 31.4. The third-order valence-corrected chi connectivity index (χ3v) is 12.3. The Kier molecular flexibility index (Phi) is 45.8. The number of esters is 3. The van der Waals surface area contributed by atoms with Crippen LogP contribution in [0.2, 0.25) is 0 Å². The Morgan fingerprint density at radius 2 is 0.840 bits per heavy atom. The number of rotatable bonds is 47. The molecule has 1 fully saturated rings. The van der Waals surface area contributed by atoms with Crippen molar-refractivity contribution in [3.63, 3.8) is 0 Å². The first kappa shape index (κ1) is 68.4. The van der Waals surface area contributed by atoms with E-state index in [0.29, 0.717) is 19.3 Å². The first-order chi connectivity index (χ1) is 36.6. The van der Waals surface area contributed by atoms with E-state index < -0.39 is 67.3 Å². The maximum absolute atomic E-state index is 13.1. The molecule has 12 heteroatoms. The van der Waals surface area contributed by atoms with Crippen molar-refractivity contribution in [2.45, 2.75) is 250 Å². The summed E-state index contributed by atoms with van der Waals surface area (Å²) in [6.07, 6.45) is 55.0. The van der Waals surface area contributed by atoms with E-state index in [9.17, 15) is 34.5 Å². The van der Waals surface area contributed by atoms with Crippen LogP contribution in [0, 0.1) is 0 Å². The average molecular weight is 1050 g/mol. The highest BCUT2D eigenvalue weighted by atomic mass is 16.7. The fourth-order valence-corrected chi connectivity index (χ4v) is 7.97. The van der Waals surface area contributed by atoms with Crippen molar-refractivity contribution in [1.82, 2.24) is 0 Å². The summed E-state index contributed by atoms with van der Waals surface area (Å²) in [6.45, 7) is 5.67. The lowest BCUT2D eigenvalue weighted by molar-refractivity contribution is -0.301. The molecule has 0 radical (unpaired) electrons. The van der Waals surface area contributed by atoms with Crippen molar-refractivity contribution in [3.05, 3.63) is 109 Å². The van der Waals surface area contributed by atoms with Crippen LogP contribution in [-0.2, 0) is 42.9 Å². The van der Waals surface area contributed by atoms with Gasteiger partial charge in [0.15, 0.2) is 24.6 Å². The summed E-state index contributed by atoms with van der Waals surface area (Å²) in [4.78, 5) is 51.0. The Balaban J connectivity index is 2.73. The number of carbonyl (C=O) groups is 4. The zero-order valence-corrected chi connectivity index (χ0v) is 46.5. The molecule has 6 atom stereocenters. The quantitative estimate of drug-likeness (QED) is 0.0228. The van der Waals surface area contributed by atoms with E-state index in [0.717, 1.165) is 128 Å². The molecular weight excluding hydrogens is 949 g/mol. The number of aliphatic hydroxyl groups is 2. The van der Waals surface area contributed by atoms with Crippen molar-refractivity contribution in [2.75, 3.05) is 13.2 Å². The fraction of sp³-hybridized carbons (Fsp3) is 0.651. The molecular formula is C63H100O12. The maximum Gasteiger partial charge on any atom is 0.335 e. The van der Waals surface area contributed by atoms with Gasteiger partial charge in [-0.3, -0.25) is 14.4 Å². The highest BCUT2D eigenvalue weighted by molar-refractivity contribution is 5.74. The number of allylic oxidation sites excluding steroid dienone is 18. The lowest BCUT2D eigenvalue weighted by atomic mass is 9.98. The van der Waals surface area contributed by atoms with E-state index in [1.54, 1.807) is 0 Å². The normalized spacial score (nSPS) is 19.0. The van der Waals surface area contributed by atoms with Gasteiger partial charge in [0.25, 0.3) is 0 Å². The molecule has 0 aliphatic carbocycles. The predicted molar refractivity (Wildman–Crippen MR) is 303 cm³/mol. The average Bonchev–Trinajstić information content (AvgIpc) is 3.39. The second-order valence-corrected chi connectivity index (χ2v) is 19.2. The summed E-state index contributed by atoms with van der Waals surface area (Å²) in [7, 11) is 0. The van der Waals surface area contributed by atoms with E-state index in [-0.39, 0.29) is 25.9 Å². The second-order valence-electron chi connectivity index (χ2n) is 19.2. The number of unbranched alkanes of at least 4 members (excludes halogenated alkanes) is 15. The monoisotopic (exact) mass is 1050 g/mol. The Hall–Kier alpha value is -4.62. The van der Waals surface area contributed by atoms with Gasteiger partial charge in [-0.05, 0) is 103 Å². The topological polar surface area (TPSA) is 175 Å². The van der Waals surface area contributed by atoms with Crippen LogP contribution in [0.1, 0.15) is 213 Å². The second kappa shape index (κ2) is 50.2. The van der Waals surface area contributed by atoms with Crippen molar-refractivity contribution in [3.8, 4) is 0 Å². The molecule has 0 saturated carbocycles. The molecule has 3 N–H and O–H groups in total. The van der Waals surface area contributed by atoms with Crippen molar-refractivity contribution in [2.24, 2.45) is 0 Å². The van der Waals surface area contributed by atoms with Gasteiger partial charge in [-0.15, -0.1) is 0 Å². The number of aliphatic hydroxyl groups excluding tert-OH is 2. The molecule has 1 rings (SSSR count). The number of hydrogen-bond donors (Lipinski definition) is 3. The van der Waals surface area contributed by atoms with Crippen molar-refractivity contribution < 1.29 is 58.2 Å². The molecule has 0 bridgehead atoms. The molecule has 0 aromatic rings. The van der Waals surface area contributed by atoms with Gasteiger partial charge in [-0.2, -0.15) is 0 Å². The lowest BCUT2D eigenvalue weighted by Crippen LogP contribution is -2.61. The third kappa shape index (κ3) is 40.3. The summed E-state index contributed by atoms with van der Waals surface area (Å²) >= 11 is 0. The van der Waals surface area contributed by atoms with Gasteiger partial charge >= 0.3 is 23.9 Å². The van der Waals surface area contributed by atoms with Crippen LogP contribution in [-0.4, -0.2) is 89.2 Å². The van der Waals surface area contributed by atoms with Gasteiger partial charge in [0, 0.05) is 19.3 Å². The molecule has 6 unspecified atom stereocenters. The predicted octanol–water partition coefficient (Wildman–Crippen LogP) is 14.7. The first-order valence-electron chi connectivity index (χ1n) is 28.9. The summed E-state index contributed by atoms with van der Waals surface area (Å²) in [5.74, 6) is -3.21. The number of hydrogen-bond acceptors (Lipinski definition) is 11. The number of carboxylic acids is 1. The maximum atomic E-state index is 13.1. The standard InChI is InChI=1S/C63H100O12/c1-4-7-10-13-16-19-21-23-25-27-28-30-31-33-35-38-40-43-46-49-55(64)71-52-54(73-56(65)50-47-44-42-39-36-34-32-29-26-24-22-20-17-14-11-8-5-2)53-72-63-61(59(68)58(67)60(75-63)62(69)70)74-57(66)51-48-45-41-37-18-15-12-9-6-3/h7-8,10-11,16-17,19-20,23-26,28,30,32-35,54,58-61,63,67-68H,4-6,9,12-15,18,21-22,27,29,31,36-53H2,1-3H3,(H,69,70)/b10-7-,11-8-,19-16-,20-17-,25-23-,26-24-,30-28-,34-32-,35-33-. The molecule has 1 saturated heterocycles. The highest BCUT2D eigenvalue weighted by Gasteiger charge is 2.50. The fourth-order valence-electron chi connectivity index (χ4n) is 7.97. The van der Waals surface area contributed by atoms with Crippen LogP contribution in [0.4, 0.5) is 0 Å². The summed E-state index contributed by atoms with van der Waals surface area (Å²) in [5.41, 5.74) is 0. The van der Waals surface area contributed by atoms with Gasteiger partial charge < -0.3 is 39.0 Å². The number of carbonyl (C=O) groups excluding carboxylic acids is 3. The number of ether oxygens (including phenoxy) is 5. The SMILES string of the molecule is CC/C=C\C/C=C\C/C=C\C/C=C\C/C=C\CCCCCC(=O)OCC(COC1OC(C(=O)O)C(O)C(O)C1OC(=O)CCCCCCCCCCC)OC(=O)CCCCCC/C=C\C/C=C\C/C=C\C/C=C\CC. The molecule has 1 aliphatic heterocycles. The van der Waals surface area contributed by atoms with Crippen LogP contribution < -0.4 is 0 Å². The number of aliphatic carboxylic acids is 1. The Morgan fingerprint density at radius 3 is 1.29 bits per heavy atom. The van der Waals surface area contributed by atoms with Gasteiger partial charge in [0.1, 0.15) is 18.8 Å². The molecule has 12 nitrogen and oxygen atoms in total. The zero-order chi connectivity index (χ0) is 54.7. The van der Waals surface area contributed by atoms with Gasteiger partial charge in [0.2, 0.25) is 0 Å². The summed E-state index contributed by atoms with van der Waals surface area (Å²) < 4.78 is 28.3. The molecule has 0 aromatic heterocycles. The Morgan fingerprint density at radius 1 is 0.453 bits per heavy atom. The van der Waals surface area contributed by atoms with Crippen LogP contribution in [0.15, 0.2) is 109 Å². The van der Waals surface area contributed by atoms with Gasteiger partial charge in [0.05, 0.1) is 6.61 Å². The van der Waals surface area contributed by atoms with Crippen LogP contribution >= 0.6 is 0 Å². The molecule has 1 heterocycles. The van der Waals surface area contributed by atoms with Crippen molar-refractivity contribution >= 4 is 23.9 Å². The van der Waals surface area contributed by atoms with Crippen LogP contribution in [0.5, 0.6) is 0 Å². The smallest absolute Gasteiger partial charge is 0.335 e. The summed E-state index contributed by atoms with van der Waals surface area (Å²) in [6, 6.07) is 0. The van der Waals surface area contributed by atoms with E-state index in [1.807, 2.05) is 0 Å². The van der Waals surface area contributed by atoms with Gasteiger partial charge in [-0.25, -0.2) is 4.79 Å². The molecule has 0 aromatic carbocycles. The minimum Gasteiger partial charge on any atom is -0.479 e. The minimum atomic E-state index is -1.91. The first-order valence-corrected chi connectivity index (χ1v) is 28.9. The largest absolute Gasteiger partial charge is 0.479 e. The van der Waals surface area contributed by atoms with E-state index in [4.69, 9.17) is 23.7 Å². The molecule has 0 spiro atoms. The Bertz CT molecular complexity index is 1720. The highest BCUT2D eigenvalue weighted by Crippen LogP contribution is 2.26. The lowest BCUT2D eigenvalue weighted by Gasteiger charge is -2.40. The third-order valence-electron chi connectivity index (χ3n) is 12.3. The molecule has 0 amide bonds. The number of carboxylic acid groups (broad SMARTS) is 1. The van der Waals surface area contributed by atoms with E-state index >= 15 is 0 Å². The molecule has 1 aliphatic rings. The van der Waals surface area contributed by atoms with Crippen molar-refractivity contribution in [1.29, 1.82) is 0 Å². The minimum absolute atomic E-state index is 0.0498. The van der Waals surface area contributed by atoms with Gasteiger partial charge in [-0.1, -0.05) is 201 Å². The van der Waals surface area contributed by atoms with E-state index in [1.165, 1.54) is 25.7 Å². The van der Waals surface area contributed by atoms with Crippen LogP contribution in [0.3, 0.4) is 0 Å². The van der Waals surface area contributed by atoms with Crippen LogP contribution in [0.25, 0.3) is 0 Å². The van der Waals surface area contributed by atoms with E-state index in [2.05, 4.69) is 130 Å². The molecule has 75 heavy (non-hydrogen) atoms.